The van der Waals surface area contributed by atoms with Gasteiger partial charge in [0.05, 0.1) is 13.7 Å². The molecule has 0 aliphatic heterocycles. The molecule has 0 atom stereocenters. The van der Waals surface area contributed by atoms with Crippen molar-refractivity contribution in [3.63, 3.8) is 0 Å². The quantitative estimate of drug-likeness (QED) is 0.366. The van der Waals surface area contributed by atoms with Crippen LogP contribution in [0.3, 0.4) is 0 Å². The number of hydrazone groups is 1. The Morgan fingerprint density at radius 2 is 2.10 bits per heavy atom. The third-order valence-corrected chi connectivity index (χ3v) is 2.57. The van der Waals surface area contributed by atoms with Gasteiger partial charge in [0, 0.05) is 10.7 Å². The molecular formula is C14H23N4O2+. The lowest BCUT2D eigenvalue weighted by Gasteiger charge is -2.11. The Morgan fingerprint density at radius 1 is 1.35 bits per heavy atom. The Balaban J connectivity index is 2.74. The summed E-state index contributed by atoms with van der Waals surface area (Å²) in [6.07, 6.45) is 2.67. The predicted octanol–water partition coefficient (Wildman–Crippen LogP) is -0.192. The van der Waals surface area contributed by atoms with E-state index in [9.17, 15) is 0 Å². The van der Waals surface area contributed by atoms with Crippen molar-refractivity contribution in [1.29, 1.82) is 0 Å². The van der Waals surface area contributed by atoms with Crippen LogP contribution in [0.2, 0.25) is 0 Å². The molecule has 110 valence electrons. The van der Waals surface area contributed by atoms with Gasteiger partial charge in [-0.2, -0.15) is 0 Å². The van der Waals surface area contributed by atoms with Gasteiger partial charge >= 0.3 is 0 Å². The Bertz CT molecular complexity index is 480. The van der Waals surface area contributed by atoms with Gasteiger partial charge in [0.1, 0.15) is 0 Å². The van der Waals surface area contributed by atoms with E-state index >= 15 is 0 Å². The Labute approximate surface area is 119 Å². The van der Waals surface area contributed by atoms with Crippen molar-refractivity contribution in [2.24, 2.45) is 22.5 Å². The van der Waals surface area contributed by atoms with E-state index in [0.29, 0.717) is 18.3 Å². The summed E-state index contributed by atoms with van der Waals surface area (Å²) in [5.41, 5.74) is 11.3. The van der Waals surface area contributed by atoms with Crippen LogP contribution in [-0.4, -0.2) is 25.9 Å². The molecule has 0 bridgehead atoms. The van der Waals surface area contributed by atoms with Crippen molar-refractivity contribution in [3.8, 4) is 11.5 Å². The van der Waals surface area contributed by atoms with Crippen LogP contribution in [-0.2, 0) is 0 Å². The Morgan fingerprint density at radius 3 is 2.70 bits per heavy atom. The highest BCUT2D eigenvalue weighted by Crippen LogP contribution is 2.27. The summed E-state index contributed by atoms with van der Waals surface area (Å²) in [7, 11) is 1.61. The first-order valence-corrected chi connectivity index (χ1v) is 6.51. The van der Waals surface area contributed by atoms with Crippen LogP contribution in [0.15, 0.2) is 23.3 Å². The zero-order chi connectivity index (χ0) is 15.0. The number of guanidine groups is 1. The molecule has 0 saturated carbocycles. The smallest absolute Gasteiger partial charge is 0.256 e. The van der Waals surface area contributed by atoms with Gasteiger partial charge in [-0.25, -0.2) is 0 Å². The normalized spacial score (nSPS) is 10.8. The molecule has 0 heterocycles. The van der Waals surface area contributed by atoms with E-state index in [4.69, 9.17) is 20.9 Å². The largest absolute Gasteiger partial charge is 0.493 e. The predicted molar refractivity (Wildman–Crippen MR) is 79.9 cm³/mol. The Kier molecular flexibility index (Phi) is 6.36. The van der Waals surface area contributed by atoms with Crippen LogP contribution in [0.4, 0.5) is 0 Å². The summed E-state index contributed by atoms with van der Waals surface area (Å²) < 4.78 is 11.0. The molecule has 0 amide bonds. The zero-order valence-electron chi connectivity index (χ0n) is 12.2. The maximum Gasteiger partial charge on any atom is 0.256 e. The molecule has 1 aromatic rings. The van der Waals surface area contributed by atoms with Gasteiger partial charge in [0.2, 0.25) is 6.21 Å². The molecule has 1 rings (SSSR count). The van der Waals surface area contributed by atoms with E-state index in [1.807, 2.05) is 18.2 Å². The highest BCUT2D eigenvalue weighted by molar-refractivity contribution is 5.78. The highest BCUT2D eigenvalue weighted by atomic mass is 16.5. The van der Waals surface area contributed by atoms with Crippen LogP contribution in [0, 0.1) is 5.92 Å². The van der Waals surface area contributed by atoms with Crippen molar-refractivity contribution in [1.82, 2.24) is 0 Å². The van der Waals surface area contributed by atoms with Crippen LogP contribution in [0.1, 0.15) is 25.8 Å². The second-order valence-corrected chi connectivity index (χ2v) is 4.75. The molecule has 0 saturated heterocycles. The number of rotatable bonds is 7. The summed E-state index contributed by atoms with van der Waals surface area (Å²) >= 11 is 0. The minimum atomic E-state index is -0.0261. The van der Waals surface area contributed by atoms with Crippen LogP contribution in [0.25, 0.3) is 0 Å². The van der Waals surface area contributed by atoms with Gasteiger partial charge < -0.3 is 20.9 Å². The zero-order valence-corrected chi connectivity index (χ0v) is 12.2. The fourth-order valence-electron chi connectivity index (χ4n) is 1.48. The van der Waals surface area contributed by atoms with E-state index in [1.54, 1.807) is 13.3 Å². The van der Waals surface area contributed by atoms with E-state index < -0.39 is 0 Å². The number of ether oxygens (including phenoxy) is 2. The van der Waals surface area contributed by atoms with E-state index in [1.165, 1.54) is 0 Å². The molecule has 0 fully saturated rings. The molecule has 20 heavy (non-hydrogen) atoms. The summed E-state index contributed by atoms with van der Waals surface area (Å²) in [5, 5.41) is 6.31. The first-order chi connectivity index (χ1) is 9.52. The average Bonchev–Trinajstić information content (AvgIpc) is 2.39. The van der Waals surface area contributed by atoms with E-state index in [2.05, 4.69) is 24.1 Å². The van der Waals surface area contributed by atoms with Gasteiger partial charge in [-0.1, -0.05) is 13.8 Å². The first kappa shape index (κ1) is 15.8. The lowest BCUT2D eigenvalue weighted by Crippen LogP contribution is -2.63. The molecule has 0 aliphatic carbocycles. The molecule has 6 nitrogen and oxygen atoms in total. The fraction of sp³-hybridized carbons (Fsp3) is 0.429. The molecule has 0 aliphatic rings. The minimum absolute atomic E-state index is 0.0261. The van der Waals surface area contributed by atoms with Gasteiger partial charge in [-0.15, -0.1) is 5.10 Å². The summed E-state index contributed by atoms with van der Waals surface area (Å²) in [6.45, 7) is 4.99. The summed E-state index contributed by atoms with van der Waals surface area (Å²) in [5.74, 6) is 1.99. The Hall–Kier alpha value is -2.24. The van der Waals surface area contributed by atoms with Crippen LogP contribution in [0.5, 0.6) is 11.5 Å². The molecule has 6 heteroatoms. The standard InChI is InChI=1S/C14H22N4O2/c1-10(2)6-7-20-12-5-4-11(8-13(12)19-3)9-17-18-14(15)16/h4-5,8-10H,6-7H2,1-3H3,(H4,15,16,18)/p+1/b17-9-. The maximum absolute atomic E-state index is 5.71. The fourth-order valence-corrected chi connectivity index (χ4v) is 1.48. The van der Waals surface area contributed by atoms with Crippen molar-refractivity contribution >= 4 is 12.2 Å². The van der Waals surface area contributed by atoms with Gasteiger partial charge in [0.15, 0.2) is 11.5 Å². The average molecular weight is 279 g/mol. The van der Waals surface area contributed by atoms with Crippen molar-refractivity contribution in [3.05, 3.63) is 23.8 Å². The number of nitrogens with zero attached hydrogens (tertiary/aromatic N) is 1. The van der Waals surface area contributed by atoms with Gasteiger partial charge in [-0.05, 0) is 30.5 Å². The van der Waals surface area contributed by atoms with Crippen molar-refractivity contribution < 1.29 is 14.6 Å². The lowest BCUT2D eigenvalue weighted by molar-refractivity contribution is -0.456. The van der Waals surface area contributed by atoms with E-state index in [0.717, 1.165) is 17.7 Å². The molecule has 0 radical (unpaired) electrons. The number of nitrogens with two attached hydrogens (primary N) is 2. The van der Waals surface area contributed by atoms with Crippen LogP contribution >= 0.6 is 0 Å². The molecular weight excluding hydrogens is 256 g/mol. The number of hydrogen-bond acceptors (Lipinski definition) is 3. The third kappa shape index (κ3) is 5.60. The van der Waals surface area contributed by atoms with Crippen molar-refractivity contribution in [2.45, 2.75) is 20.3 Å². The minimum Gasteiger partial charge on any atom is -0.493 e. The molecule has 1 aromatic carbocycles. The van der Waals surface area contributed by atoms with E-state index in [-0.39, 0.29) is 5.96 Å². The summed E-state index contributed by atoms with van der Waals surface area (Å²) in [4.78, 5) is 0. The number of benzene rings is 1. The second-order valence-electron chi connectivity index (χ2n) is 4.75. The third-order valence-electron chi connectivity index (χ3n) is 2.57. The highest BCUT2D eigenvalue weighted by Gasteiger charge is 2.06. The molecule has 5 N–H and O–H groups in total. The molecule has 0 spiro atoms. The topological polar surface area (TPSA) is 96.8 Å². The van der Waals surface area contributed by atoms with Crippen LogP contribution < -0.4 is 26.0 Å². The number of methoxy groups -OCH3 is 1. The van der Waals surface area contributed by atoms with Crippen molar-refractivity contribution in [2.75, 3.05) is 13.7 Å². The van der Waals surface area contributed by atoms with Gasteiger partial charge in [-0.3, -0.25) is 0 Å². The first-order valence-electron chi connectivity index (χ1n) is 6.51. The lowest BCUT2D eigenvalue weighted by atomic mass is 10.1. The number of nitrogens with one attached hydrogen (secondary N) is 1. The monoisotopic (exact) mass is 279 g/mol. The maximum atomic E-state index is 5.71. The summed E-state index contributed by atoms with van der Waals surface area (Å²) in [6, 6.07) is 5.60. The molecule has 0 unspecified atom stereocenters. The SMILES string of the molecule is COc1cc(/C=[NH+]\N=C(N)N)ccc1OCCC(C)C. The van der Waals surface area contributed by atoms with Gasteiger partial charge in [0.25, 0.3) is 5.96 Å². The molecule has 0 aromatic heterocycles. The second kappa shape index (κ2) is 8.04. The number of hydrogen-bond donors (Lipinski definition) is 3.